The predicted octanol–water partition coefficient (Wildman–Crippen LogP) is 0.792. The summed E-state index contributed by atoms with van der Waals surface area (Å²) < 4.78 is 0. The lowest BCUT2D eigenvalue weighted by atomic mass is 10.8. The van der Waals surface area contributed by atoms with Gasteiger partial charge in [0.05, 0.1) is 12.4 Å². The van der Waals surface area contributed by atoms with Gasteiger partial charge in [-0.25, -0.2) is 0 Å². The van der Waals surface area contributed by atoms with Gasteiger partial charge < -0.3 is 10.6 Å². The molecule has 0 aromatic heterocycles. The Kier molecular flexibility index (Phi) is 9.83. The van der Waals surface area contributed by atoms with E-state index in [9.17, 15) is 0 Å². The predicted molar refractivity (Wildman–Crippen MR) is 77.1 cm³/mol. The van der Waals surface area contributed by atoms with E-state index in [2.05, 4.69) is 43.7 Å². The first kappa shape index (κ1) is 15.0. The van der Waals surface area contributed by atoms with Crippen LogP contribution in [0.25, 0.3) is 0 Å². The van der Waals surface area contributed by atoms with Crippen LogP contribution in [0, 0.1) is 0 Å². The molecule has 0 saturated carbocycles. The van der Waals surface area contributed by atoms with Crippen molar-refractivity contribution in [1.82, 2.24) is 10.6 Å². The van der Waals surface area contributed by atoms with Crippen LogP contribution in [0.4, 0.5) is 0 Å². The molecule has 8 heteroatoms. The summed E-state index contributed by atoms with van der Waals surface area (Å²) >= 11 is 5.51. The van der Waals surface area contributed by atoms with Gasteiger partial charge in [0.1, 0.15) is 0 Å². The highest BCUT2D eigenvalue weighted by Gasteiger charge is 1.87. The minimum Gasteiger partial charge on any atom is -0.366 e. The number of hydrogen-bond acceptors (Lipinski definition) is 5. The first-order valence-corrected chi connectivity index (χ1v) is 6.27. The molecule has 2 N–H and O–H groups in total. The first-order chi connectivity index (χ1) is 7.74. The fourth-order valence-electron chi connectivity index (χ4n) is 0.620. The lowest BCUT2D eigenvalue weighted by Crippen LogP contribution is -2.16. The topological polar surface area (TPSA) is 73.5 Å². The highest BCUT2D eigenvalue weighted by molar-refractivity contribution is 8.13. The molecular formula is C8H16N6S2. The second-order valence-corrected chi connectivity index (χ2v) is 3.56. The van der Waals surface area contributed by atoms with Gasteiger partial charge in [-0.3, -0.25) is 0 Å². The first-order valence-electron chi connectivity index (χ1n) is 4.59. The molecule has 0 aromatic carbocycles. The molecule has 0 radical (unpaired) electrons. The third kappa shape index (κ3) is 8.30. The molecule has 0 heterocycles. The van der Waals surface area contributed by atoms with Crippen LogP contribution in [-0.4, -0.2) is 42.6 Å². The zero-order valence-corrected chi connectivity index (χ0v) is 11.2. The van der Waals surface area contributed by atoms with E-state index in [0.717, 1.165) is 11.7 Å². The highest BCUT2D eigenvalue weighted by Crippen LogP contribution is 1.92. The van der Waals surface area contributed by atoms with Gasteiger partial charge in [0.15, 0.2) is 10.3 Å². The van der Waals surface area contributed by atoms with Crippen molar-refractivity contribution < 1.29 is 0 Å². The summed E-state index contributed by atoms with van der Waals surface area (Å²) in [5.74, 6) is 0. The van der Waals surface area contributed by atoms with Gasteiger partial charge in [-0.05, 0) is 13.2 Å². The summed E-state index contributed by atoms with van der Waals surface area (Å²) in [6, 6.07) is 0. The Morgan fingerprint density at radius 3 is 2.44 bits per heavy atom. The Hall–Kier alpha value is -1.02. The fraction of sp³-hybridized carbons (Fsp3) is 0.500. The highest BCUT2D eigenvalue weighted by atomic mass is 32.2. The monoisotopic (exact) mass is 260 g/mol. The summed E-state index contributed by atoms with van der Waals surface area (Å²) in [7, 11) is 1.78. The van der Waals surface area contributed by atoms with Gasteiger partial charge in [0, 0.05) is 13.6 Å². The number of nitrogens with one attached hydrogen (secondary N) is 2. The maximum Gasteiger partial charge on any atom is 0.182 e. The molecule has 0 amide bonds. The maximum atomic E-state index is 4.04. The van der Waals surface area contributed by atoms with Gasteiger partial charge in [0.25, 0.3) is 0 Å². The van der Waals surface area contributed by atoms with Crippen molar-refractivity contribution in [3.05, 3.63) is 0 Å². The molecule has 90 valence electrons. The number of rotatable bonds is 4. The molecule has 0 aliphatic carbocycles. The van der Waals surface area contributed by atoms with E-state index in [1.165, 1.54) is 24.2 Å². The second-order valence-electron chi connectivity index (χ2n) is 2.34. The Labute approximate surface area is 105 Å². The lowest BCUT2D eigenvalue weighted by Gasteiger charge is -1.95. The fourth-order valence-corrected chi connectivity index (χ4v) is 1.16. The minimum absolute atomic E-state index is 0.468. The molecule has 0 fully saturated rings. The summed E-state index contributed by atoms with van der Waals surface area (Å²) in [5, 5.41) is 22.1. The van der Waals surface area contributed by atoms with Crippen molar-refractivity contribution in [3.8, 4) is 0 Å². The molecule has 0 aliphatic heterocycles. The van der Waals surface area contributed by atoms with Crippen molar-refractivity contribution in [2.24, 2.45) is 20.4 Å². The van der Waals surface area contributed by atoms with E-state index >= 15 is 0 Å². The maximum absolute atomic E-state index is 4.04. The molecule has 16 heavy (non-hydrogen) atoms. The molecular weight excluding hydrogens is 244 g/mol. The van der Waals surface area contributed by atoms with E-state index in [4.69, 9.17) is 0 Å². The summed E-state index contributed by atoms with van der Waals surface area (Å²) in [4.78, 5) is 0. The molecule has 6 nitrogen and oxygen atoms in total. The number of hydrogen-bond donors (Lipinski definition) is 3. The van der Waals surface area contributed by atoms with Crippen molar-refractivity contribution in [1.29, 1.82) is 0 Å². The van der Waals surface area contributed by atoms with E-state index in [1.54, 1.807) is 7.05 Å². The van der Waals surface area contributed by atoms with Crippen molar-refractivity contribution >= 4 is 47.2 Å². The van der Waals surface area contributed by atoms with Gasteiger partial charge >= 0.3 is 0 Å². The summed E-state index contributed by atoms with van der Waals surface area (Å²) in [6.45, 7) is 2.71. The smallest absolute Gasteiger partial charge is 0.182 e. The van der Waals surface area contributed by atoms with Gasteiger partial charge in [0.2, 0.25) is 0 Å². The van der Waals surface area contributed by atoms with E-state index in [1.807, 2.05) is 13.2 Å². The Bertz CT molecular complexity index is 291. The molecule has 0 unspecified atom stereocenters. The third-order valence-electron chi connectivity index (χ3n) is 1.24. The Morgan fingerprint density at radius 2 is 1.94 bits per heavy atom. The van der Waals surface area contributed by atoms with E-state index in [0.29, 0.717) is 5.17 Å². The quantitative estimate of drug-likeness (QED) is 0.303. The van der Waals surface area contributed by atoms with Crippen LogP contribution < -0.4 is 10.6 Å². The number of amidine groups is 2. The van der Waals surface area contributed by atoms with E-state index in [-0.39, 0.29) is 0 Å². The SMILES string of the molecule is CCN/C(S)=N/N=C/C=N/N=C(/NC)SC. The van der Waals surface area contributed by atoms with Crippen molar-refractivity contribution in [3.63, 3.8) is 0 Å². The van der Waals surface area contributed by atoms with Crippen LogP contribution in [0.3, 0.4) is 0 Å². The molecule has 0 aliphatic rings. The average Bonchev–Trinajstić information content (AvgIpc) is 2.29. The standard InChI is InChI=1S/C8H16N6S2/c1-4-10-7(15)13-11-5-6-12-14-8(9-2)16-3/h5-6H,4H2,1-3H3,(H,9,14)(H2,10,13,15)/b11-5+,12-6+. The molecule has 0 saturated heterocycles. The number of nitrogens with zero attached hydrogens (tertiary/aromatic N) is 4. The summed E-state index contributed by atoms with van der Waals surface area (Å²) in [5.41, 5.74) is 0. The van der Waals surface area contributed by atoms with Gasteiger partial charge in [-0.1, -0.05) is 11.8 Å². The van der Waals surface area contributed by atoms with Crippen molar-refractivity contribution in [2.75, 3.05) is 19.8 Å². The van der Waals surface area contributed by atoms with Crippen LogP contribution in [-0.2, 0) is 0 Å². The number of thioether (sulfide) groups is 1. The van der Waals surface area contributed by atoms with Crippen LogP contribution in [0.1, 0.15) is 6.92 Å². The normalized spacial score (nSPS) is 13.8. The Balaban J connectivity index is 4.04. The largest absolute Gasteiger partial charge is 0.366 e. The average molecular weight is 260 g/mol. The van der Waals surface area contributed by atoms with Gasteiger partial charge in [-0.15, -0.1) is 22.8 Å². The molecule has 0 rings (SSSR count). The zero-order valence-electron chi connectivity index (χ0n) is 9.51. The van der Waals surface area contributed by atoms with Crippen LogP contribution in [0.2, 0.25) is 0 Å². The molecule has 0 bridgehead atoms. The Morgan fingerprint density at radius 1 is 1.31 bits per heavy atom. The van der Waals surface area contributed by atoms with Crippen LogP contribution >= 0.6 is 24.4 Å². The molecule has 0 aromatic rings. The second kappa shape index (κ2) is 10.5. The van der Waals surface area contributed by atoms with E-state index < -0.39 is 0 Å². The summed E-state index contributed by atoms with van der Waals surface area (Å²) in [6.07, 6.45) is 4.79. The van der Waals surface area contributed by atoms with Crippen molar-refractivity contribution in [2.45, 2.75) is 6.92 Å². The number of thiol groups is 1. The zero-order chi connectivity index (χ0) is 12.2. The third-order valence-corrected chi connectivity index (χ3v) is 2.16. The molecule has 0 spiro atoms. The van der Waals surface area contributed by atoms with Gasteiger partial charge in [-0.2, -0.15) is 10.2 Å². The minimum atomic E-state index is 0.468. The lowest BCUT2D eigenvalue weighted by molar-refractivity contribution is 0.972. The van der Waals surface area contributed by atoms with Crippen LogP contribution in [0.5, 0.6) is 0 Å². The molecule has 0 atom stereocenters. The van der Waals surface area contributed by atoms with Crippen LogP contribution in [0.15, 0.2) is 20.4 Å².